The Kier molecular flexibility index (Phi) is 2.36. The van der Waals surface area contributed by atoms with Crippen molar-refractivity contribution in [3.8, 4) is 0 Å². The number of carbonyl (C=O) groups excluding carboxylic acids is 1. The van der Waals surface area contributed by atoms with Gasteiger partial charge in [-0.2, -0.15) is 0 Å². The predicted octanol–water partition coefficient (Wildman–Crippen LogP) is 1.08. The Labute approximate surface area is 85.6 Å². The largest absolute Gasteiger partial charge is 0.461 e. The third kappa shape index (κ3) is 1.74. The smallest absolute Gasteiger partial charge is 0.319 e. The number of ether oxygens (including phenoxy) is 1. The van der Waals surface area contributed by atoms with E-state index in [0.717, 1.165) is 6.42 Å². The van der Waals surface area contributed by atoms with Crippen LogP contribution in [0.5, 0.6) is 0 Å². The fraction of sp³-hybridized carbons (Fsp3) is 0.889. The molecule has 0 aromatic rings. The highest BCUT2D eigenvalue weighted by atomic mass is 79.9. The monoisotopic (exact) mass is 248 g/mol. The first-order chi connectivity index (χ1) is 6.09. The highest BCUT2D eigenvalue weighted by molar-refractivity contribution is 9.10. The molecule has 5 atom stereocenters. The number of aliphatic hydroxyl groups is 1. The second kappa shape index (κ2) is 3.24. The minimum atomic E-state index is -0.248. The molecule has 0 heterocycles. The van der Waals surface area contributed by atoms with Crippen molar-refractivity contribution < 1.29 is 14.6 Å². The molecule has 13 heavy (non-hydrogen) atoms. The second-order valence-electron chi connectivity index (χ2n) is 3.96. The molecular formula is C9H13BrO3. The van der Waals surface area contributed by atoms with Gasteiger partial charge in [-0.1, -0.05) is 15.9 Å². The Morgan fingerprint density at radius 2 is 2.23 bits per heavy atom. The predicted molar refractivity (Wildman–Crippen MR) is 50.5 cm³/mol. The molecule has 3 nitrogen and oxygen atoms in total. The Balaban J connectivity index is 1.86. The molecule has 2 aliphatic rings. The topological polar surface area (TPSA) is 46.5 Å². The van der Waals surface area contributed by atoms with E-state index in [0.29, 0.717) is 18.3 Å². The van der Waals surface area contributed by atoms with Gasteiger partial charge >= 0.3 is 5.97 Å². The maximum absolute atomic E-state index is 11.2. The lowest BCUT2D eigenvalue weighted by Crippen LogP contribution is -2.24. The van der Waals surface area contributed by atoms with Gasteiger partial charge in [0.05, 0.1) is 6.10 Å². The van der Waals surface area contributed by atoms with Gasteiger partial charge in [-0.05, 0) is 19.3 Å². The molecule has 0 bridgehead atoms. The molecular weight excluding hydrogens is 236 g/mol. The summed E-state index contributed by atoms with van der Waals surface area (Å²) in [5, 5.41) is 9.46. The number of halogens is 1. The summed E-state index contributed by atoms with van der Waals surface area (Å²) in [4.78, 5) is 11.0. The Morgan fingerprint density at radius 3 is 2.62 bits per heavy atom. The minimum absolute atomic E-state index is 0.0347. The maximum atomic E-state index is 11.2. The van der Waals surface area contributed by atoms with E-state index in [-0.39, 0.29) is 23.0 Å². The second-order valence-corrected chi connectivity index (χ2v) is 5.33. The normalized spacial score (nSPS) is 43.9. The molecule has 0 saturated heterocycles. The van der Waals surface area contributed by atoms with Crippen LogP contribution in [0.2, 0.25) is 0 Å². The number of esters is 1. The summed E-state index contributed by atoms with van der Waals surface area (Å²) >= 11 is 3.16. The van der Waals surface area contributed by atoms with Crippen LogP contribution in [0, 0.1) is 11.8 Å². The summed E-state index contributed by atoms with van der Waals surface area (Å²) in [7, 11) is 0. The fourth-order valence-corrected chi connectivity index (χ4v) is 2.18. The molecule has 0 radical (unpaired) electrons. The molecule has 0 aliphatic heterocycles. The molecule has 0 aromatic carbocycles. The van der Waals surface area contributed by atoms with Gasteiger partial charge in [-0.3, -0.25) is 4.79 Å². The number of aliphatic hydroxyl groups excluding tert-OH is 1. The van der Waals surface area contributed by atoms with Gasteiger partial charge in [-0.15, -0.1) is 0 Å². The van der Waals surface area contributed by atoms with Crippen molar-refractivity contribution in [3.05, 3.63) is 0 Å². The first-order valence-corrected chi connectivity index (χ1v) is 5.54. The fourth-order valence-electron chi connectivity index (χ4n) is 2.07. The van der Waals surface area contributed by atoms with Gasteiger partial charge in [0, 0.05) is 12.3 Å². The van der Waals surface area contributed by atoms with Gasteiger partial charge in [0.25, 0.3) is 0 Å². The van der Waals surface area contributed by atoms with Crippen LogP contribution >= 0.6 is 15.9 Å². The summed E-state index contributed by atoms with van der Waals surface area (Å²) in [5.74, 6) is 0.624. The molecule has 2 fully saturated rings. The number of carbonyl (C=O) groups is 1. The summed E-state index contributed by atoms with van der Waals surface area (Å²) in [6.07, 6.45) is 1.37. The summed E-state index contributed by atoms with van der Waals surface area (Å²) in [6, 6.07) is 0. The number of fused-ring (bicyclic) bond motifs is 1. The molecule has 0 spiro atoms. The quantitative estimate of drug-likeness (QED) is 0.588. The molecule has 0 amide bonds. The van der Waals surface area contributed by atoms with Gasteiger partial charge < -0.3 is 9.84 Å². The van der Waals surface area contributed by atoms with Crippen molar-refractivity contribution in [2.45, 2.75) is 36.8 Å². The van der Waals surface area contributed by atoms with Crippen LogP contribution in [0.1, 0.15) is 19.8 Å². The molecule has 2 saturated carbocycles. The number of hydrogen-bond donors (Lipinski definition) is 1. The van der Waals surface area contributed by atoms with Crippen LogP contribution in [0.15, 0.2) is 0 Å². The Hall–Kier alpha value is -0.0900. The molecule has 74 valence electrons. The zero-order valence-electron chi connectivity index (χ0n) is 7.44. The molecule has 0 aromatic heterocycles. The average molecular weight is 249 g/mol. The Bertz CT molecular complexity index is 229. The number of alkyl halides is 1. The molecule has 2 aliphatic carbocycles. The van der Waals surface area contributed by atoms with Gasteiger partial charge in [0.1, 0.15) is 10.9 Å². The lowest BCUT2D eigenvalue weighted by molar-refractivity contribution is -0.148. The van der Waals surface area contributed by atoms with Crippen molar-refractivity contribution in [3.63, 3.8) is 0 Å². The summed E-state index contributed by atoms with van der Waals surface area (Å²) < 4.78 is 5.25. The van der Waals surface area contributed by atoms with Crippen molar-refractivity contribution in [1.29, 1.82) is 0 Å². The van der Waals surface area contributed by atoms with Crippen molar-refractivity contribution in [2.24, 2.45) is 11.8 Å². The molecule has 2 rings (SSSR count). The minimum Gasteiger partial charge on any atom is -0.461 e. The Morgan fingerprint density at radius 1 is 1.54 bits per heavy atom. The van der Waals surface area contributed by atoms with Crippen molar-refractivity contribution >= 4 is 21.9 Å². The van der Waals surface area contributed by atoms with Crippen LogP contribution in [-0.4, -0.2) is 28.1 Å². The molecule has 4 heteroatoms. The third-order valence-corrected chi connectivity index (χ3v) is 3.30. The van der Waals surface area contributed by atoms with E-state index >= 15 is 0 Å². The molecule has 1 N–H and O–H groups in total. The standard InChI is InChI=1S/C9H13BrO3/c1-4(10)9(12)13-8-3-7(11)5-2-6(5)8/h4-8,11H,2-3H2,1H3/t4-,5-,6+,7-,8+/m1/s1. The third-order valence-electron chi connectivity index (χ3n) is 2.93. The van der Waals surface area contributed by atoms with E-state index in [1.165, 1.54) is 0 Å². The summed E-state index contributed by atoms with van der Waals surface area (Å²) in [5.41, 5.74) is 0. The lowest BCUT2D eigenvalue weighted by atomic mass is 10.2. The number of hydrogen-bond acceptors (Lipinski definition) is 3. The van der Waals surface area contributed by atoms with Crippen LogP contribution in [0.25, 0.3) is 0 Å². The molecule has 0 unspecified atom stereocenters. The van der Waals surface area contributed by atoms with Gasteiger partial charge in [0.15, 0.2) is 0 Å². The van der Waals surface area contributed by atoms with Crippen LogP contribution < -0.4 is 0 Å². The maximum Gasteiger partial charge on any atom is 0.319 e. The van der Waals surface area contributed by atoms with E-state index in [9.17, 15) is 9.90 Å². The first-order valence-electron chi connectivity index (χ1n) is 4.62. The van der Waals surface area contributed by atoms with Gasteiger partial charge in [0.2, 0.25) is 0 Å². The lowest BCUT2D eigenvalue weighted by Gasteiger charge is -2.15. The SMILES string of the molecule is C[C@@H](Br)C(=O)O[C@H]1C[C@@H](O)[C@@H]2C[C@@H]21. The van der Waals surface area contributed by atoms with E-state index in [1.807, 2.05) is 0 Å². The highest BCUT2D eigenvalue weighted by Gasteiger charge is 2.55. The van der Waals surface area contributed by atoms with E-state index in [2.05, 4.69) is 15.9 Å². The van der Waals surface area contributed by atoms with E-state index in [4.69, 9.17) is 4.74 Å². The van der Waals surface area contributed by atoms with Crippen molar-refractivity contribution in [2.75, 3.05) is 0 Å². The van der Waals surface area contributed by atoms with E-state index < -0.39 is 0 Å². The van der Waals surface area contributed by atoms with Crippen molar-refractivity contribution in [1.82, 2.24) is 0 Å². The summed E-state index contributed by atoms with van der Waals surface area (Å²) in [6.45, 7) is 1.75. The zero-order valence-corrected chi connectivity index (χ0v) is 9.03. The average Bonchev–Trinajstić information content (AvgIpc) is 2.76. The number of rotatable bonds is 2. The van der Waals surface area contributed by atoms with Crippen LogP contribution in [0.3, 0.4) is 0 Å². The van der Waals surface area contributed by atoms with Crippen LogP contribution in [-0.2, 0) is 9.53 Å². The van der Waals surface area contributed by atoms with Crippen LogP contribution in [0.4, 0.5) is 0 Å². The first kappa shape index (κ1) is 9.46. The van der Waals surface area contributed by atoms with Gasteiger partial charge in [-0.25, -0.2) is 0 Å². The zero-order chi connectivity index (χ0) is 9.59. The van der Waals surface area contributed by atoms with E-state index in [1.54, 1.807) is 6.92 Å². The highest BCUT2D eigenvalue weighted by Crippen LogP contribution is 2.53.